The first-order valence-electron chi connectivity index (χ1n) is 13.2. The fourth-order valence-corrected chi connectivity index (χ4v) is 5.94. The standard InChI is InChI=1S/C29H32Cl2N4O3/c1-3-38-29(37)27-23-9-7-20(19-11-14-34(15-12-19)28(36)25-6-4-5-13-32-25)16-26(23)35(33-27)18(2)22-10-8-21(30)17-24(22)31/h7-11,16-18,25,32H,3-6,12-15H2,1-2H3. The van der Waals surface area contributed by atoms with E-state index in [0.717, 1.165) is 54.3 Å². The molecule has 38 heavy (non-hydrogen) atoms. The fraction of sp³-hybridized carbons (Fsp3) is 0.414. The summed E-state index contributed by atoms with van der Waals surface area (Å²) in [7, 11) is 0. The zero-order valence-electron chi connectivity index (χ0n) is 21.7. The van der Waals surface area contributed by atoms with Gasteiger partial charge in [-0.3, -0.25) is 9.48 Å². The van der Waals surface area contributed by atoms with Crippen LogP contribution in [0.25, 0.3) is 16.5 Å². The molecule has 5 rings (SSSR count). The Morgan fingerprint density at radius 3 is 2.71 bits per heavy atom. The number of nitrogens with zero attached hydrogens (tertiary/aromatic N) is 3. The molecule has 1 N–H and O–H groups in total. The number of aromatic nitrogens is 2. The largest absolute Gasteiger partial charge is 0.461 e. The number of amides is 1. The van der Waals surface area contributed by atoms with Gasteiger partial charge in [0.05, 0.1) is 24.2 Å². The third kappa shape index (κ3) is 5.33. The van der Waals surface area contributed by atoms with Gasteiger partial charge in [0.2, 0.25) is 5.91 Å². The second kappa shape index (κ2) is 11.5. The summed E-state index contributed by atoms with van der Waals surface area (Å²) in [5.41, 5.74) is 4.17. The summed E-state index contributed by atoms with van der Waals surface area (Å²) < 4.78 is 7.12. The van der Waals surface area contributed by atoms with E-state index in [9.17, 15) is 9.59 Å². The van der Waals surface area contributed by atoms with Crippen molar-refractivity contribution in [2.24, 2.45) is 0 Å². The van der Waals surface area contributed by atoms with Crippen LogP contribution in [0.1, 0.15) is 67.2 Å². The van der Waals surface area contributed by atoms with Gasteiger partial charge in [-0.15, -0.1) is 0 Å². The number of benzene rings is 2. The SMILES string of the molecule is CCOC(=O)c1nn(C(C)c2ccc(Cl)cc2Cl)c2cc(C3=CCN(C(=O)C4CCCCN4)CC3)ccc12. The van der Waals surface area contributed by atoms with Gasteiger partial charge in [0.1, 0.15) is 0 Å². The van der Waals surface area contributed by atoms with Crippen molar-refractivity contribution in [3.05, 3.63) is 69.3 Å². The molecule has 0 spiro atoms. The van der Waals surface area contributed by atoms with E-state index in [1.54, 1.807) is 19.1 Å². The minimum absolute atomic E-state index is 0.0631. The maximum Gasteiger partial charge on any atom is 0.359 e. The third-order valence-corrected chi connectivity index (χ3v) is 8.02. The summed E-state index contributed by atoms with van der Waals surface area (Å²) in [6.45, 7) is 6.22. The number of nitrogens with one attached hydrogen (secondary N) is 1. The van der Waals surface area contributed by atoms with Crippen molar-refractivity contribution in [1.29, 1.82) is 0 Å². The molecule has 2 aromatic carbocycles. The van der Waals surface area contributed by atoms with Crippen LogP contribution < -0.4 is 5.32 Å². The van der Waals surface area contributed by atoms with Gasteiger partial charge in [-0.1, -0.05) is 47.8 Å². The van der Waals surface area contributed by atoms with Crippen molar-refractivity contribution < 1.29 is 14.3 Å². The molecule has 1 aromatic heterocycles. The average molecular weight is 556 g/mol. The van der Waals surface area contributed by atoms with E-state index in [-0.39, 0.29) is 30.3 Å². The van der Waals surface area contributed by atoms with E-state index in [1.165, 1.54) is 5.57 Å². The van der Waals surface area contributed by atoms with Crippen LogP contribution in [0.4, 0.5) is 0 Å². The summed E-state index contributed by atoms with van der Waals surface area (Å²) in [5, 5.41) is 9.87. The Labute approximate surface area is 232 Å². The van der Waals surface area contributed by atoms with Gasteiger partial charge < -0.3 is 15.0 Å². The number of ether oxygens (including phenoxy) is 1. The third-order valence-electron chi connectivity index (χ3n) is 7.46. The summed E-state index contributed by atoms with van der Waals surface area (Å²) in [5.74, 6) is -0.262. The topological polar surface area (TPSA) is 76.5 Å². The van der Waals surface area contributed by atoms with Crippen molar-refractivity contribution in [3.63, 3.8) is 0 Å². The van der Waals surface area contributed by atoms with Crippen molar-refractivity contribution >= 4 is 51.6 Å². The number of halogens is 2. The lowest BCUT2D eigenvalue weighted by Gasteiger charge is -2.32. The summed E-state index contributed by atoms with van der Waals surface area (Å²) >= 11 is 12.7. The lowest BCUT2D eigenvalue weighted by Crippen LogP contribution is -2.49. The Kier molecular flexibility index (Phi) is 8.07. The highest BCUT2D eigenvalue weighted by atomic mass is 35.5. The zero-order valence-corrected chi connectivity index (χ0v) is 23.2. The second-order valence-electron chi connectivity index (χ2n) is 9.85. The van der Waals surface area contributed by atoms with Crippen LogP contribution in [0.2, 0.25) is 10.0 Å². The molecular formula is C29H32Cl2N4O3. The second-order valence-corrected chi connectivity index (χ2v) is 10.7. The van der Waals surface area contributed by atoms with Crippen LogP contribution in [0, 0.1) is 0 Å². The van der Waals surface area contributed by atoms with E-state index in [2.05, 4.69) is 17.5 Å². The highest BCUT2D eigenvalue weighted by Gasteiger charge is 2.28. The molecule has 0 radical (unpaired) electrons. The number of piperidine rings is 1. The normalized spacial score (nSPS) is 18.8. The van der Waals surface area contributed by atoms with Crippen molar-refractivity contribution in [2.75, 3.05) is 26.2 Å². The number of carbonyl (C=O) groups excluding carboxylic acids is 2. The Morgan fingerprint density at radius 1 is 1.18 bits per heavy atom. The first-order chi connectivity index (χ1) is 18.4. The van der Waals surface area contributed by atoms with Gasteiger partial charge in [-0.25, -0.2) is 4.79 Å². The molecule has 2 unspecified atom stereocenters. The average Bonchev–Trinajstić information content (AvgIpc) is 3.32. The highest BCUT2D eigenvalue weighted by Crippen LogP contribution is 2.34. The predicted octanol–water partition coefficient (Wildman–Crippen LogP) is 5.89. The summed E-state index contributed by atoms with van der Waals surface area (Å²) in [6, 6.07) is 11.1. The van der Waals surface area contributed by atoms with E-state index < -0.39 is 5.97 Å². The fourth-order valence-electron chi connectivity index (χ4n) is 5.37. The number of fused-ring (bicyclic) bond motifs is 1. The smallest absolute Gasteiger partial charge is 0.359 e. The maximum atomic E-state index is 13.0. The Bertz CT molecular complexity index is 1390. The molecule has 1 fully saturated rings. The molecule has 1 amide bonds. The van der Waals surface area contributed by atoms with Gasteiger partial charge in [0.25, 0.3) is 0 Å². The van der Waals surface area contributed by atoms with Gasteiger partial charge in [-0.05, 0) is 80.6 Å². The lowest BCUT2D eigenvalue weighted by atomic mass is 9.97. The summed E-state index contributed by atoms with van der Waals surface area (Å²) in [6.07, 6.45) is 6.04. The molecule has 2 atom stereocenters. The quantitative estimate of drug-likeness (QED) is 0.384. The van der Waals surface area contributed by atoms with Gasteiger partial charge >= 0.3 is 5.97 Å². The van der Waals surface area contributed by atoms with Crippen molar-refractivity contribution in [3.8, 4) is 0 Å². The molecule has 9 heteroatoms. The molecule has 0 bridgehead atoms. The summed E-state index contributed by atoms with van der Waals surface area (Å²) in [4.78, 5) is 27.7. The van der Waals surface area contributed by atoms with E-state index >= 15 is 0 Å². The van der Waals surface area contributed by atoms with Crippen LogP contribution in [0.3, 0.4) is 0 Å². The molecule has 1 saturated heterocycles. The molecule has 3 heterocycles. The van der Waals surface area contributed by atoms with Crippen LogP contribution in [0.5, 0.6) is 0 Å². The number of hydrogen-bond acceptors (Lipinski definition) is 5. The molecule has 0 saturated carbocycles. The minimum atomic E-state index is -0.458. The van der Waals surface area contributed by atoms with E-state index in [1.807, 2.05) is 34.7 Å². The molecule has 3 aromatic rings. The number of esters is 1. The van der Waals surface area contributed by atoms with Crippen molar-refractivity contribution in [1.82, 2.24) is 20.0 Å². The minimum Gasteiger partial charge on any atom is -0.461 e. The Hall–Kier alpha value is -2.87. The first-order valence-corrected chi connectivity index (χ1v) is 14.0. The van der Waals surface area contributed by atoms with Crippen LogP contribution in [0.15, 0.2) is 42.5 Å². The maximum absolute atomic E-state index is 13.0. The number of carbonyl (C=O) groups is 2. The highest BCUT2D eigenvalue weighted by molar-refractivity contribution is 6.35. The first kappa shape index (κ1) is 26.7. The number of rotatable bonds is 6. The Morgan fingerprint density at radius 2 is 2.03 bits per heavy atom. The monoisotopic (exact) mass is 554 g/mol. The van der Waals surface area contributed by atoms with E-state index in [0.29, 0.717) is 23.1 Å². The Balaban J connectivity index is 1.47. The lowest BCUT2D eigenvalue weighted by molar-refractivity contribution is -0.133. The number of hydrogen-bond donors (Lipinski definition) is 1. The van der Waals surface area contributed by atoms with Gasteiger partial charge in [-0.2, -0.15) is 5.10 Å². The van der Waals surface area contributed by atoms with Crippen LogP contribution in [-0.4, -0.2) is 58.8 Å². The molecule has 7 nitrogen and oxygen atoms in total. The van der Waals surface area contributed by atoms with Crippen LogP contribution >= 0.6 is 23.2 Å². The van der Waals surface area contributed by atoms with Gasteiger partial charge in [0, 0.05) is 28.5 Å². The van der Waals surface area contributed by atoms with E-state index in [4.69, 9.17) is 33.0 Å². The van der Waals surface area contributed by atoms with Crippen LogP contribution in [-0.2, 0) is 9.53 Å². The van der Waals surface area contributed by atoms with Gasteiger partial charge in [0.15, 0.2) is 5.69 Å². The predicted molar refractivity (Wildman–Crippen MR) is 151 cm³/mol. The molecule has 2 aliphatic rings. The molecule has 2 aliphatic heterocycles. The molecule has 0 aliphatic carbocycles. The molecule has 200 valence electrons. The zero-order chi connectivity index (χ0) is 26.8. The van der Waals surface area contributed by atoms with Crippen molar-refractivity contribution in [2.45, 2.75) is 51.6 Å². The molecular weight excluding hydrogens is 523 g/mol.